The first-order valence-electron chi connectivity index (χ1n) is 14.2. The molecule has 5 nitrogen and oxygen atoms in total. The largest absolute Gasteiger partial charge is 0.486 e. The molecular formula is C36H33N3O2. The minimum absolute atomic E-state index is 0.0700. The molecule has 1 N–H and O–H groups in total. The maximum absolute atomic E-state index is 12.8. The third kappa shape index (κ3) is 5.99. The van der Waals surface area contributed by atoms with Gasteiger partial charge in [-0.2, -0.15) is 0 Å². The van der Waals surface area contributed by atoms with Crippen molar-refractivity contribution in [3.8, 4) is 16.9 Å². The number of benzene rings is 5. The lowest BCUT2D eigenvalue weighted by atomic mass is 10.0. The van der Waals surface area contributed by atoms with Crippen molar-refractivity contribution in [3.05, 3.63) is 132 Å². The van der Waals surface area contributed by atoms with Crippen molar-refractivity contribution in [1.29, 1.82) is 0 Å². The van der Waals surface area contributed by atoms with E-state index in [1.54, 1.807) is 0 Å². The molecule has 0 aliphatic heterocycles. The van der Waals surface area contributed by atoms with Gasteiger partial charge in [0, 0.05) is 18.7 Å². The number of carbonyl (C=O) groups is 1. The molecule has 41 heavy (non-hydrogen) atoms. The van der Waals surface area contributed by atoms with Gasteiger partial charge >= 0.3 is 0 Å². The van der Waals surface area contributed by atoms with Crippen molar-refractivity contribution in [3.63, 3.8) is 0 Å². The highest BCUT2D eigenvalue weighted by molar-refractivity contribution is 5.97. The summed E-state index contributed by atoms with van der Waals surface area (Å²) in [5.74, 6) is 1.53. The normalized spacial score (nSPS) is 11.1. The van der Waals surface area contributed by atoms with Gasteiger partial charge in [-0.25, -0.2) is 4.98 Å². The van der Waals surface area contributed by atoms with Crippen LogP contribution in [0.1, 0.15) is 41.5 Å². The first-order valence-corrected chi connectivity index (χ1v) is 14.2. The SMILES string of the molecule is CCCCNC(=O)c1ccc2c(c1)nc(COc1ccc3ccccc3c1)n2Cc1cccc(-c2ccccc2)c1. The Balaban J connectivity index is 1.33. The number of amides is 1. The molecule has 0 radical (unpaired) electrons. The lowest BCUT2D eigenvalue weighted by Crippen LogP contribution is -2.24. The van der Waals surface area contributed by atoms with Crippen molar-refractivity contribution in [2.75, 3.05) is 6.54 Å². The van der Waals surface area contributed by atoms with Crippen molar-refractivity contribution in [2.24, 2.45) is 0 Å². The van der Waals surface area contributed by atoms with Crippen LogP contribution >= 0.6 is 0 Å². The molecule has 1 heterocycles. The van der Waals surface area contributed by atoms with Crippen LogP contribution in [0.3, 0.4) is 0 Å². The maximum atomic E-state index is 12.8. The molecule has 0 saturated carbocycles. The molecule has 5 heteroatoms. The van der Waals surface area contributed by atoms with Crippen LogP contribution in [0.5, 0.6) is 5.75 Å². The molecule has 0 fully saturated rings. The highest BCUT2D eigenvalue weighted by Crippen LogP contribution is 2.26. The molecule has 1 aromatic heterocycles. The average molecular weight is 540 g/mol. The van der Waals surface area contributed by atoms with E-state index in [0.29, 0.717) is 25.3 Å². The zero-order chi connectivity index (χ0) is 28.0. The van der Waals surface area contributed by atoms with Crippen molar-refractivity contribution < 1.29 is 9.53 Å². The predicted molar refractivity (Wildman–Crippen MR) is 166 cm³/mol. The number of fused-ring (bicyclic) bond motifs is 2. The molecule has 6 aromatic rings. The average Bonchev–Trinajstić information content (AvgIpc) is 3.36. The summed E-state index contributed by atoms with van der Waals surface area (Å²) in [4.78, 5) is 17.7. The van der Waals surface area contributed by atoms with E-state index < -0.39 is 0 Å². The van der Waals surface area contributed by atoms with E-state index in [1.165, 1.54) is 22.1 Å². The van der Waals surface area contributed by atoms with Crippen LogP contribution in [0.25, 0.3) is 32.9 Å². The molecule has 0 bridgehead atoms. The number of carbonyl (C=O) groups excluding carboxylic acids is 1. The molecule has 0 atom stereocenters. The van der Waals surface area contributed by atoms with Gasteiger partial charge in [-0.05, 0) is 70.3 Å². The Morgan fingerprint density at radius 3 is 2.46 bits per heavy atom. The fraction of sp³-hybridized carbons (Fsp3) is 0.167. The highest BCUT2D eigenvalue weighted by Gasteiger charge is 2.15. The molecule has 0 unspecified atom stereocenters. The summed E-state index contributed by atoms with van der Waals surface area (Å²) in [6, 6.07) is 39.2. The zero-order valence-corrected chi connectivity index (χ0v) is 23.2. The molecule has 0 aliphatic carbocycles. The van der Waals surface area contributed by atoms with Crippen molar-refractivity contribution in [1.82, 2.24) is 14.9 Å². The van der Waals surface area contributed by atoms with Crippen molar-refractivity contribution >= 4 is 27.7 Å². The molecular weight excluding hydrogens is 506 g/mol. The maximum Gasteiger partial charge on any atom is 0.251 e. The number of unbranched alkanes of at least 4 members (excludes halogenated alkanes) is 1. The molecule has 5 aromatic carbocycles. The standard InChI is InChI=1S/C36H33N3O2/c1-2-3-20-37-36(40)31-17-19-34-33(23-31)38-35(25-41-32-18-16-28-13-7-8-14-30(28)22-32)39(34)24-26-10-9-15-29(21-26)27-11-5-4-6-12-27/h4-19,21-23H,2-3,20,24-25H2,1H3,(H,37,40). The van der Waals surface area contributed by atoms with Crippen LogP contribution in [-0.4, -0.2) is 22.0 Å². The summed E-state index contributed by atoms with van der Waals surface area (Å²) >= 11 is 0. The number of nitrogens with one attached hydrogen (secondary N) is 1. The van der Waals surface area contributed by atoms with Crippen LogP contribution in [0.4, 0.5) is 0 Å². The van der Waals surface area contributed by atoms with E-state index >= 15 is 0 Å². The number of imidazole rings is 1. The summed E-state index contributed by atoms with van der Waals surface area (Å²) in [6.45, 7) is 3.73. The molecule has 1 amide bonds. The number of nitrogens with zero attached hydrogens (tertiary/aromatic N) is 2. The van der Waals surface area contributed by atoms with Gasteiger partial charge in [-0.15, -0.1) is 0 Å². The minimum Gasteiger partial charge on any atom is -0.486 e. The van der Waals surface area contributed by atoms with Crippen LogP contribution in [0, 0.1) is 0 Å². The first kappa shape index (κ1) is 26.3. The predicted octanol–water partition coefficient (Wildman–Crippen LogP) is 8.01. The Morgan fingerprint density at radius 2 is 1.61 bits per heavy atom. The number of ether oxygens (including phenoxy) is 1. The fourth-order valence-corrected chi connectivity index (χ4v) is 5.16. The number of aromatic nitrogens is 2. The number of rotatable bonds is 10. The van der Waals surface area contributed by atoms with Crippen LogP contribution in [-0.2, 0) is 13.2 Å². The summed E-state index contributed by atoms with van der Waals surface area (Å²) in [5.41, 5.74) is 5.89. The second kappa shape index (κ2) is 12.1. The van der Waals surface area contributed by atoms with Gasteiger partial charge in [0.2, 0.25) is 0 Å². The highest BCUT2D eigenvalue weighted by atomic mass is 16.5. The van der Waals surface area contributed by atoms with Gasteiger partial charge in [-0.1, -0.05) is 92.2 Å². The Morgan fingerprint density at radius 1 is 0.805 bits per heavy atom. The van der Waals surface area contributed by atoms with Gasteiger partial charge in [0.05, 0.1) is 11.0 Å². The van der Waals surface area contributed by atoms with E-state index in [4.69, 9.17) is 9.72 Å². The topological polar surface area (TPSA) is 56.1 Å². The van der Waals surface area contributed by atoms with E-state index in [9.17, 15) is 4.79 Å². The fourth-order valence-electron chi connectivity index (χ4n) is 5.16. The molecule has 0 saturated heterocycles. The van der Waals surface area contributed by atoms with E-state index in [2.05, 4.69) is 89.6 Å². The van der Waals surface area contributed by atoms with Gasteiger partial charge in [-0.3, -0.25) is 4.79 Å². The van der Waals surface area contributed by atoms with Crippen molar-refractivity contribution in [2.45, 2.75) is 32.9 Å². The third-order valence-electron chi connectivity index (χ3n) is 7.37. The lowest BCUT2D eigenvalue weighted by molar-refractivity contribution is 0.0953. The Hall–Kier alpha value is -4.90. The van der Waals surface area contributed by atoms with Crippen LogP contribution in [0.15, 0.2) is 115 Å². The van der Waals surface area contributed by atoms with E-state index in [-0.39, 0.29) is 5.91 Å². The Kier molecular flexibility index (Phi) is 7.76. The second-order valence-corrected chi connectivity index (χ2v) is 10.3. The van der Waals surface area contributed by atoms with Gasteiger partial charge in [0.15, 0.2) is 0 Å². The monoisotopic (exact) mass is 539 g/mol. The minimum atomic E-state index is -0.0700. The third-order valence-corrected chi connectivity index (χ3v) is 7.37. The molecule has 204 valence electrons. The summed E-state index contributed by atoms with van der Waals surface area (Å²) in [7, 11) is 0. The van der Waals surface area contributed by atoms with Gasteiger partial charge < -0.3 is 14.6 Å². The quantitative estimate of drug-likeness (QED) is 0.179. The number of hydrogen-bond acceptors (Lipinski definition) is 3. The second-order valence-electron chi connectivity index (χ2n) is 10.3. The smallest absolute Gasteiger partial charge is 0.251 e. The summed E-state index contributed by atoms with van der Waals surface area (Å²) in [5, 5.41) is 5.32. The van der Waals surface area contributed by atoms with E-state index in [0.717, 1.165) is 40.8 Å². The van der Waals surface area contributed by atoms with Gasteiger partial charge in [0.1, 0.15) is 18.2 Å². The molecule has 6 rings (SSSR count). The summed E-state index contributed by atoms with van der Waals surface area (Å²) in [6.07, 6.45) is 2.00. The van der Waals surface area contributed by atoms with E-state index in [1.807, 2.05) is 42.5 Å². The van der Waals surface area contributed by atoms with Crippen LogP contribution < -0.4 is 10.1 Å². The first-order chi connectivity index (χ1) is 20.2. The lowest BCUT2D eigenvalue weighted by Gasteiger charge is -2.12. The van der Waals surface area contributed by atoms with Gasteiger partial charge in [0.25, 0.3) is 5.91 Å². The van der Waals surface area contributed by atoms with Crippen LogP contribution in [0.2, 0.25) is 0 Å². The summed E-state index contributed by atoms with van der Waals surface area (Å²) < 4.78 is 8.48. The Bertz CT molecular complexity index is 1810. The molecule has 0 aliphatic rings. The molecule has 0 spiro atoms. The Labute approximate surface area is 240 Å². The zero-order valence-electron chi connectivity index (χ0n) is 23.2. The number of hydrogen-bond donors (Lipinski definition) is 1.